The molecule has 0 saturated heterocycles. The van der Waals surface area contributed by atoms with Crippen molar-refractivity contribution in [2.45, 2.75) is 53.2 Å². The number of carbonyl (C=O) groups excluding carboxylic acids is 1. The molecule has 0 aliphatic rings. The van der Waals surface area contributed by atoms with E-state index in [2.05, 4.69) is 0 Å². The Bertz CT molecular complexity index is 1340. The summed E-state index contributed by atoms with van der Waals surface area (Å²) in [6.45, 7) is 9.22. The van der Waals surface area contributed by atoms with Gasteiger partial charge in [-0.05, 0) is 62.6 Å². The molecular formula is C27H32FN3O5. The van der Waals surface area contributed by atoms with E-state index in [0.29, 0.717) is 39.9 Å². The van der Waals surface area contributed by atoms with E-state index in [1.54, 1.807) is 55.7 Å². The Labute approximate surface area is 209 Å². The summed E-state index contributed by atoms with van der Waals surface area (Å²) < 4.78 is 20.9. The average molecular weight is 498 g/mol. The number of nitrogens with zero attached hydrogens (tertiary/aromatic N) is 2. The van der Waals surface area contributed by atoms with E-state index in [-0.39, 0.29) is 24.6 Å². The van der Waals surface area contributed by atoms with Gasteiger partial charge in [0.1, 0.15) is 11.6 Å². The van der Waals surface area contributed by atoms with Crippen LogP contribution in [0.2, 0.25) is 0 Å². The molecule has 0 atom stereocenters. The number of hydrogen-bond acceptors (Lipinski definition) is 4. The first-order chi connectivity index (χ1) is 16.8. The second-order valence-corrected chi connectivity index (χ2v) is 10.1. The first-order valence-electron chi connectivity index (χ1n) is 11.7. The minimum atomic E-state index is -1.13. The van der Waals surface area contributed by atoms with Crippen molar-refractivity contribution in [1.82, 2.24) is 9.47 Å². The van der Waals surface area contributed by atoms with E-state index < -0.39 is 23.4 Å². The van der Waals surface area contributed by atoms with Gasteiger partial charge in [0.25, 0.3) is 11.5 Å². The van der Waals surface area contributed by atoms with Gasteiger partial charge in [-0.15, -0.1) is 0 Å². The number of fused-ring (bicyclic) bond motifs is 1. The molecule has 0 saturated carbocycles. The van der Waals surface area contributed by atoms with Crippen LogP contribution in [0, 0.1) is 11.7 Å². The molecule has 1 heterocycles. The fourth-order valence-electron chi connectivity index (χ4n) is 4.12. The van der Waals surface area contributed by atoms with Crippen LogP contribution in [0.25, 0.3) is 21.9 Å². The number of aromatic nitrogens is 1. The number of ether oxygens (including phenoxy) is 1. The van der Waals surface area contributed by atoms with E-state index in [0.717, 1.165) is 0 Å². The zero-order chi connectivity index (χ0) is 26.8. The third-order valence-corrected chi connectivity index (χ3v) is 5.76. The second-order valence-electron chi connectivity index (χ2n) is 10.1. The monoisotopic (exact) mass is 497 g/mol. The molecule has 0 radical (unpaired) electrons. The van der Waals surface area contributed by atoms with Gasteiger partial charge in [-0.2, -0.15) is 0 Å². The fourth-order valence-corrected chi connectivity index (χ4v) is 4.12. The topological polar surface area (TPSA) is 115 Å². The second kappa shape index (κ2) is 10.4. The van der Waals surface area contributed by atoms with Gasteiger partial charge in [-0.1, -0.05) is 26.0 Å². The highest BCUT2D eigenvalue weighted by molar-refractivity contribution is 5.98. The molecule has 0 spiro atoms. The van der Waals surface area contributed by atoms with Crippen LogP contribution in [0.1, 0.15) is 40.3 Å². The lowest BCUT2D eigenvalue weighted by Crippen LogP contribution is -2.45. The highest BCUT2D eigenvalue weighted by atomic mass is 19.1. The van der Waals surface area contributed by atoms with Crippen LogP contribution in [0.5, 0.6) is 5.75 Å². The van der Waals surface area contributed by atoms with Crippen molar-refractivity contribution in [1.29, 1.82) is 0 Å². The number of benzene rings is 2. The predicted molar refractivity (Wildman–Crippen MR) is 136 cm³/mol. The zero-order valence-corrected chi connectivity index (χ0v) is 21.2. The molecule has 192 valence electrons. The van der Waals surface area contributed by atoms with E-state index in [1.165, 1.54) is 17.0 Å². The molecule has 0 aliphatic carbocycles. The van der Waals surface area contributed by atoms with Crippen LogP contribution in [0.3, 0.4) is 0 Å². The summed E-state index contributed by atoms with van der Waals surface area (Å²) in [7, 11) is 0. The van der Waals surface area contributed by atoms with Crippen molar-refractivity contribution in [3.63, 3.8) is 0 Å². The third-order valence-electron chi connectivity index (χ3n) is 5.76. The highest BCUT2D eigenvalue weighted by Crippen LogP contribution is 2.35. The van der Waals surface area contributed by atoms with E-state index in [4.69, 9.17) is 10.5 Å². The summed E-state index contributed by atoms with van der Waals surface area (Å²) in [5.74, 6) is -0.662. The normalized spacial score (nSPS) is 11.6. The summed E-state index contributed by atoms with van der Waals surface area (Å²) in [6, 6.07) is 10.6. The van der Waals surface area contributed by atoms with Gasteiger partial charge in [0.05, 0.1) is 6.54 Å². The van der Waals surface area contributed by atoms with Crippen molar-refractivity contribution >= 4 is 22.8 Å². The predicted octanol–water partition coefficient (Wildman–Crippen LogP) is 4.61. The Hall–Kier alpha value is -3.88. The number of amides is 2. The summed E-state index contributed by atoms with van der Waals surface area (Å²) in [4.78, 5) is 38.5. The molecule has 3 N–H and O–H groups in total. The number of rotatable bonds is 8. The summed E-state index contributed by atoms with van der Waals surface area (Å²) in [5.41, 5.74) is 5.86. The number of primary amides is 1. The minimum absolute atomic E-state index is 0.0736. The Balaban J connectivity index is 2.44. The van der Waals surface area contributed by atoms with Crippen molar-refractivity contribution < 1.29 is 23.8 Å². The number of halogens is 1. The number of nitrogens with two attached hydrogens (primary N) is 1. The van der Waals surface area contributed by atoms with Crippen molar-refractivity contribution in [3.05, 3.63) is 64.3 Å². The van der Waals surface area contributed by atoms with Crippen LogP contribution in [0.4, 0.5) is 9.18 Å². The maximum Gasteiger partial charge on any atom is 0.408 e. The minimum Gasteiger partial charge on any atom is -0.484 e. The van der Waals surface area contributed by atoms with Crippen LogP contribution < -0.4 is 16.0 Å². The smallest absolute Gasteiger partial charge is 0.408 e. The molecule has 0 unspecified atom stereocenters. The standard InChI is InChI=1S/C27H32FN3O5/c1-16(2)13-30-22(14-31(26(34)35)27(3,4)5)24(17-6-8-18(28)9-7-17)21-12-19(36-15-23(29)32)10-11-20(21)25(30)33/h6-12,16H,13-15H2,1-5H3,(H2,29,32)(H,34,35). The van der Waals surface area contributed by atoms with Crippen molar-refractivity contribution in [3.8, 4) is 16.9 Å². The number of hydrogen-bond donors (Lipinski definition) is 2. The SMILES string of the molecule is CC(C)Cn1c(CN(C(=O)O)C(C)(C)C)c(-c2ccc(F)cc2)c2cc(OCC(N)=O)ccc2c1=O. The lowest BCUT2D eigenvalue weighted by atomic mass is 9.95. The molecule has 3 aromatic rings. The van der Waals surface area contributed by atoms with Crippen LogP contribution in [0.15, 0.2) is 47.3 Å². The van der Waals surface area contributed by atoms with Gasteiger partial charge in [0.2, 0.25) is 0 Å². The van der Waals surface area contributed by atoms with E-state index in [9.17, 15) is 23.9 Å². The third kappa shape index (κ3) is 5.84. The number of carbonyl (C=O) groups is 2. The Morgan fingerprint density at radius 2 is 1.75 bits per heavy atom. The van der Waals surface area contributed by atoms with Gasteiger partial charge in [-0.25, -0.2) is 9.18 Å². The van der Waals surface area contributed by atoms with Crippen molar-refractivity contribution in [2.75, 3.05) is 6.61 Å². The summed E-state index contributed by atoms with van der Waals surface area (Å²) in [6.07, 6.45) is -1.13. The van der Waals surface area contributed by atoms with Crippen LogP contribution >= 0.6 is 0 Å². The first kappa shape index (κ1) is 26.7. The Morgan fingerprint density at radius 3 is 2.28 bits per heavy atom. The quantitative estimate of drug-likeness (QED) is 0.472. The molecular weight excluding hydrogens is 465 g/mol. The molecule has 36 heavy (non-hydrogen) atoms. The lowest BCUT2D eigenvalue weighted by Gasteiger charge is -2.35. The van der Waals surface area contributed by atoms with Crippen LogP contribution in [-0.4, -0.2) is 38.7 Å². The zero-order valence-electron chi connectivity index (χ0n) is 21.2. The molecule has 0 bridgehead atoms. The number of pyridine rings is 1. The molecule has 1 aromatic heterocycles. The van der Waals surface area contributed by atoms with E-state index >= 15 is 0 Å². The number of carboxylic acid groups (broad SMARTS) is 1. The van der Waals surface area contributed by atoms with Gasteiger partial charge in [-0.3, -0.25) is 14.5 Å². The largest absolute Gasteiger partial charge is 0.484 e. The molecule has 2 amide bonds. The van der Waals surface area contributed by atoms with Crippen LogP contribution in [-0.2, 0) is 17.9 Å². The Kier molecular flexibility index (Phi) is 7.71. The maximum atomic E-state index is 13.8. The average Bonchev–Trinajstić information content (AvgIpc) is 2.77. The van der Waals surface area contributed by atoms with Crippen molar-refractivity contribution in [2.24, 2.45) is 11.7 Å². The first-order valence-corrected chi connectivity index (χ1v) is 11.7. The maximum absolute atomic E-state index is 13.8. The molecule has 0 fully saturated rings. The fraction of sp³-hybridized carbons (Fsp3) is 0.370. The van der Waals surface area contributed by atoms with Gasteiger partial charge in [0.15, 0.2) is 6.61 Å². The molecule has 0 aliphatic heterocycles. The summed E-state index contributed by atoms with van der Waals surface area (Å²) in [5, 5.41) is 10.9. The molecule has 9 heteroatoms. The van der Waals surface area contributed by atoms with E-state index in [1.807, 2.05) is 13.8 Å². The van der Waals surface area contributed by atoms with Gasteiger partial charge in [0, 0.05) is 34.1 Å². The highest BCUT2D eigenvalue weighted by Gasteiger charge is 2.30. The van der Waals surface area contributed by atoms with Gasteiger partial charge < -0.3 is 20.1 Å². The molecule has 3 rings (SSSR count). The Morgan fingerprint density at radius 1 is 1.11 bits per heavy atom. The lowest BCUT2D eigenvalue weighted by molar-refractivity contribution is -0.119. The molecule has 8 nitrogen and oxygen atoms in total. The summed E-state index contributed by atoms with van der Waals surface area (Å²) >= 11 is 0. The molecule has 2 aromatic carbocycles. The van der Waals surface area contributed by atoms with Gasteiger partial charge >= 0.3 is 6.09 Å².